The lowest BCUT2D eigenvalue weighted by molar-refractivity contribution is -0.140. The van der Waals surface area contributed by atoms with Crippen molar-refractivity contribution in [1.29, 1.82) is 0 Å². The molecule has 7 nitrogen and oxygen atoms in total. The van der Waals surface area contributed by atoms with E-state index in [4.69, 9.17) is 21.1 Å². The van der Waals surface area contributed by atoms with Crippen LogP contribution in [-0.2, 0) is 14.3 Å². The lowest BCUT2D eigenvalue weighted by atomic mass is 9.96. The second-order valence-electron chi connectivity index (χ2n) is 7.05. The van der Waals surface area contributed by atoms with Crippen LogP contribution in [0.1, 0.15) is 31.0 Å². The summed E-state index contributed by atoms with van der Waals surface area (Å²) in [6, 6.07) is 7.33. The number of halogens is 1. The number of hydrogen-bond acceptors (Lipinski definition) is 6. The molecule has 2 aromatic rings. The molecule has 1 aliphatic heterocycles. The first kappa shape index (κ1) is 21.8. The van der Waals surface area contributed by atoms with Gasteiger partial charge in [0.1, 0.15) is 11.5 Å². The van der Waals surface area contributed by atoms with Gasteiger partial charge in [0.2, 0.25) is 0 Å². The molecular formula is C22H23ClN2O5. The van der Waals surface area contributed by atoms with Gasteiger partial charge in [0, 0.05) is 24.5 Å². The van der Waals surface area contributed by atoms with Crippen LogP contribution >= 0.6 is 11.6 Å². The van der Waals surface area contributed by atoms with Gasteiger partial charge in [-0.05, 0) is 43.7 Å². The Balaban J connectivity index is 2.09. The maximum atomic E-state index is 12.9. The lowest BCUT2D eigenvalue weighted by Gasteiger charge is -2.25. The van der Waals surface area contributed by atoms with Gasteiger partial charge in [-0.15, -0.1) is 0 Å². The Morgan fingerprint density at radius 2 is 2.07 bits per heavy atom. The van der Waals surface area contributed by atoms with Crippen molar-refractivity contribution in [1.82, 2.24) is 9.88 Å². The second kappa shape index (κ2) is 9.28. The summed E-state index contributed by atoms with van der Waals surface area (Å²) in [4.78, 5) is 31.2. The number of benzene rings is 1. The van der Waals surface area contributed by atoms with Gasteiger partial charge in [-0.3, -0.25) is 14.6 Å². The smallest absolute Gasteiger partial charge is 0.295 e. The molecule has 0 bridgehead atoms. The molecule has 1 aromatic carbocycles. The maximum Gasteiger partial charge on any atom is 0.295 e. The number of pyridine rings is 1. The minimum absolute atomic E-state index is 0.0121. The number of hydrogen-bond donors (Lipinski definition) is 1. The molecule has 1 aliphatic rings. The van der Waals surface area contributed by atoms with Crippen LogP contribution in [0, 0.1) is 0 Å². The van der Waals surface area contributed by atoms with Crippen LogP contribution in [0.15, 0.2) is 48.3 Å². The van der Waals surface area contributed by atoms with Crippen LogP contribution in [0.3, 0.4) is 0 Å². The molecule has 1 atom stereocenters. The normalized spacial score (nSPS) is 18.3. The van der Waals surface area contributed by atoms with E-state index in [-0.39, 0.29) is 30.6 Å². The molecule has 0 aliphatic carbocycles. The Morgan fingerprint density at radius 1 is 1.30 bits per heavy atom. The van der Waals surface area contributed by atoms with E-state index in [1.807, 2.05) is 13.8 Å². The average Bonchev–Trinajstić information content (AvgIpc) is 2.99. The fourth-order valence-corrected chi connectivity index (χ4v) is 3.54. The van der Waals surface area contributed by atoms with Crippen LogP contribution in [0.4, 0.5) is 0 Å². The number of rotatable bonds is 7. The summed E-state index contributed by atoms with van der Waals surface area (Å²) in [6.07, 6.45) is 3.16. The van der Waals surface area contributed by atoms with Crippen LogP contribution in [0.5, 0.6) is 5.75 Å². The van der Waals surface area contributed by atoms with Crippen molar-refractivity contribution in [3.63, 3.8) is 0 Å². The molecule has 1 aromatic heterocycles. The van der Waals surface area contributed by atoms with Crippen LogP contribution in [0.25, 0.3) is 5.76 Å². The van der Waals surface area contributed by atoms with Gasteiger partial charge in [-0.2, -0.15) is 0 Å². The summed E-state index contributed by atoms with van der Waals surface area (Å²) < 4.78 is 10.8. The van der Waals surface area contributed by atoms with E-state index >= 15 is 0 Å². The molecule has 8 heteroatoms. The number of carbonyl (C=O) groups excluding carboxylic acids is 2. The largest absolute Gasteiger partial charge is 0.507 e. The lowest BCUT2D eigenvalue weighted by Crippen LogP contribution is -2.33. The number of nitrogens with zero attached hydrogens (tertiary/aromatic N) is 2. The van der Waals surface area contributed by atoms with Crippen molar-refractivity contribution in [2.75, 3.05) is 20.3 Å². The van der Waals surface area contributed by atoms with E-state index in [2.05, 4.69) is 4.98 Å². The van der Waals surface area contributed by atoms with Gasteiger partial charge in [0.15, 0.2) is 0 Å². The molecule has 1 unspecified atom stereocenters. The summed E-state index contributed by atoms with van der Waals surface area (Å²) in [5.74, 6) is -1.42. The highest BCUT2D eigenvalue weighted by atomic mass is 35.5. The summed E-state index contributed by atoms with van der Waals surface area (Å²) in [7, 11) is 1.45. The molecule has 1 saturated heterocycles. The molecule has 30 heavy (non-hydrogen) atoms. The fraction of sp³-hybridized carbons (Fsp3) is 0.318. The molecule has 1 fully saturated rings. The Bertz CT molecular complexity index is 975. The number of ketones is 1. The number of aromatic nitrogens is 1. The third kappa shape index (κ3) is 4.32. The zero-order valence-electron chi connectivity index (χ0n) is 17.0. The Labute approximate surface area is 179 Å². The maximum absolute atomic E-state index is 12.9. The zero-order chi connectivity index (χ0) is 21.8. The number of methoxy groups -OCH3 is 1. The average molecular weight is 431 g/mol. The minimum atomic E-state index is -0.781. The van der Waals surface area contributed by atoms with E-state index < -0.39 is 17.7 Å². The zero-order valence-corrected chi connectivity index (χ0v) is 17.7. The number of aliphatic hydroxyl groups excluding tert-OH is 1. The highest BCUT2D eigenvalue weighted by Crippen LogP contribution is 2.39. The topological polar surface area (TPSA) is 89.0 Å². The second-order valence-corrected chi connectivity index (χ2v) is 7.45. The number of Topliss-reactive ketones (excluding diaryl/α,β-unsaturated/α-hetero) is 1. The van der Waals surface area contributed by atoms with Crippen molar-refractivity contribution in [3.05, 3.63) is 64.4 Å². The van der Waals surface area contributed by atoms with Crippen molar-refractivity contribution < 1.29 is 24.2 Å². The Kier molecular flexibility index (Phi) is 6.74. The van der Waals surface area contributed by atoms with E-state index in [1.54, 1.807) is 36.7 Å². The first-order chi connectivity index (χ1) is 14.3. The monoisotopic (exact) mass is 430 g/mol. The number of ether oxygens (including phenoxy) is 2. The van der Waals surface area contributed by atoms with Crippen LogP contribution in [0.2, 0.25) is 5.02 Å². The van der Waals surface area contributed by atoms with Crippen molar-refractivity contribution in [2.45, 2.75) is 26.0 Å². The van der Waals surface area contributed by atoms with Gasteiger partial charge < -0.3 is 19.5 Å². The standard InChI is InChI=1S/C22H23ClN2O5/c1-13(2)30-10-9-25-19(15-5-4-8-24-12-15)18(21(27)22(25)28)20(26)14-6-7-16(23)17(11-14)29-3/h4-8,11-13,19,26H,9-10H2,1-3H3/b20-18-. The first-order valence-corrected chi connectivity index (χ1v) is 9.86. The highest BCUT2D eigenvalue weighted by molar-refractivity contribution is 6.46. The molecular weight excluding hydrogens is 408 g/mol. The molecule has 1 amide bonds. The van der Waals surface area contributed by atoms with E-state index in [1.165, 1.54) is 18.1 Å². The number of amides is 1. The molecule has 0 saturated carbocycles. The van der Waals surface area contributed by atoms with Crippen LogP contribution in [-0.4, -0.2) is 53.0 Å². The van der Waals surface area contributed by atoms with Gasteiger partial charge in [-0.25, -0.2) is 0 Å². The molecule has 158 valence electrons. The third-order valence-corrected chi connectivity index (χ3v) is 5.06. The van der Waals surface area contributed by atoms with E-state index in [0.29, 0.717) is 21.9 Å². The summed E-state index contributed by atoms with van der Waals surface area (Å²) >= 11 is 6.07. The number of carbonyl (C=O) groups is 2. The SMILES string of the molecule is COc1cc(/C(O)=C2/C(=O)C(=O)N(CCOC(C)C)C2c2cccnc2)ccc1Cl. The highest BCUT2D eigenvalue weighted by Gasteiger charge is 2.46. The third-order valence-electron chi connectivity index (χ3n) is 4.75. The molecule has 3 rings (SSSR count). The number of aliphatic hydroxyl groups is 1. The Morgan fingerprint density at radius 3 is 2.70 bits per heavy atom. The van der Waals surface area contributed by atoms with Crippen molar-refractivity contribution in [3.8, 4) is 5.75 Å². The first-order valence-electron chi connectivity index (χ1n) is 9.49. The predicted octanol–water partition coefficient (Wildman–Crippen LogP) is 3.59. The van der Waals surface area contributed by atoms with E-state index in [0.717, 1.165) is 0 Å². The fourth-order valence-electron chi connectivity index (χ4n) is 3.34. The predicted molar refractivity (Wildman–Crippen MR) is 112 cm³/mol. The summed E-state index contributed by atoms with van der Waals surface area (Å²) in [5.41, 5.74) is 0.923. The van der Waals surface area contributed by atoms with Gasteiger partial charge in [-0.1, -0.05) is 17.7 Å². The molecule has 2 heterocycles. The molecule has 1 N–H and O–H groups in total. The van der Waals surface area contributed by atoms with Crippen LogP contribution < -0.4 is 4.74 Å². The number of likely N-dealkylation sites (tertiary alicyclic amines) is 1. The summed E-state index contributed by atoms with van der Waals surface area (Å²) in [6.45, 7) is 4.24. The molecule has 0 spiro atoms. The summed E-state index contributed by atoms with van der Waals surface area (Å²) in [5, 5.41) is 11.4. The van der Waals surface area contributed by atoms with Crippen molar-refractivity contribution >= 4 is 29.1 Å². The quantitative estimate of drug-likeness (QED) is 0.410. The van der Waals surface area contributed by atoms with Gasteiger partial charge >= 0.3 is 0 Å². The minimum Gasteiger partial charge on any atom is -0.507 e. The molecule has 0 radical (unpaired) electrons. The van der Waals surface area contributed by atoms with Gasteiger partial charge in [0.05, 0.1) is 36.5 Å². The van der Waals surface area contributed by atoms with Crippen molar-refractivity contribution in [2.24, 2.45) is 0 Å². The Hall–Kier alpha value is -2.90. The van der Waals surface area contributed by atoms with Gasteiger partial charge in [0.25, 0.3) is 11.7 Å². The van der Waals surface area contributed by atoms with E-state index in [9.17, 15) is 14.7 Å².